The van der Waals surface area contributed by atoms with Crippen molar-refractivity contribution in [1.29, 1.82) is 0 Å². The van der Waals surface area contributed by atoms with Crippen molar-refractivity contribution in [3.8, 4) is 0 Å². The molecule has 0 bridgehead atoms. The highest BCUT2D eigenvalue weighted by Gasteiger charge is 2.06. The standard InChI is InChI=1S/C19H16FNO/c20-18-7-3-4-14(12-18)10-11-21-19(22)17-9-8-15-5-1-2-6-16(15)13-17/h1-9,12-13H,10-11H2,(H,21,22). The first kappa shape index (κ1) is 14.3. The summed E-state index contributed by atoms with van der Waals surface area (Å²) in [6.07, 6.45) is 0.608. The quantitative estimate of drug-likeness (QED) is 0.775. The van der Waals surface area contributed by atoms with E-state index in [1.165, 1.54) is 12.1 Å². The summed E-state index contributed by atoms with van der Waals surface area (Å²) in [4.78, 5) is 12.2. The second kappa shape index (κ2) is 6.39. The molecule has 0 aliphatic carbocycles. The number of hydrogen-bond acceptors (Lipinski definition) is 1. The third-order valence-corrected chi connectivity index (χ3v) is 3.60. The molecule has 0 atom stereocenters. The number of benzene rings is 3. The fraction of sp³-hybridized carbons (Fsp3) is 0.105. The van der Waals surface area contributed by atoms with Crippen LogP contribution in [0.25, 0.3) is 10.8 Å². The van der Waals surface area contributed by atoms with Crippen molar-refractivity contribution >= 4 is 16.7 Å². The average Bonchev–Trinajstić information content (AvgIpc) is 2.54. The molecule has 0 heterocycles. The second-order valence-electron chi connectivity index (χ2n) is 5.20. The van der Waals surface area contributed by atoms with Crippen LogP contribution >= 0.6 is 0 Å². The maximum absolute atomic E-state index is 13.1. The van der Waals surface area contributed by atoms with Crippen LogP contribution in [0.5, 0.6) is 0 Å². The van der Waals surface area contributed by atoms with Gasteiger partial charge in [-0.2, -0.15) is 0 Å². The van der Waals surface area contributed by atoms with Gasteiger partial charge >= 0.3 is 0 Å². The molecule has 0 saturated carbocycles. The van der Waals surface area contributed by atoms with Gasteiger partial charge in [-0.3, -0.25) is 4.79 Å². The lowest BCUT2D eigenvalue weighted by Gasteiger charge is -2.07. The SMILES string of the molecule is O=C(NCCc1cccc(F)c1)c1ccc2ccccc2c1. The number of hydrogen-bond donors (Lipinski definition) is 1. The van der Waals surface area contributed by atoms with Gasteiger partial charge in [0.05, 0.1) is 0 Å². The minimum absolute atomic E-state index is 0.109. The van der Waals surface area contributed by atoms with Crippen molar-refractivity contribution in [2.75, 3.05) is 6.54 Å². The fourth-order valence-corrected chi connectivity index (χ4v) is 2.45. The van der Waals surface area contributed by atoms with E-state index in [2.05, 4.69) is 5.32 Å². The van der Waals surface area contributed by atoms with Gasteiger partial charge in [0.1, 0.15) is 5.82 Å². The van der Waals surface area contributed by atoms with Crippen LogP contribution in [0, 0.1) is 5.82 Å². The molecular weight excluding hydrogens is 277 g/mol. The van der Waals surface area contributed by atoms with E-state index in [1.54, 1.807) is 6.07 Å². The molecule has 0 radical (unpaired) electrons. The lowest BCUT2D eigenvalue weighted by molar-refractivity contribution is 0.0954. The Hall–Kier alpha value is -2.68. The molecule has 0 unspecified atom stereocenters. The summed E-state index contributed by atoms with van der Waals surface area (Å²) in [5.74, 6) is -0.361. The minimum Gasteiger partial charge on any atom is -0.352 e. The summed E-state index contributed by atoms with van der Waals surface area (Å²) in [6.45, 7) is 0.481. The van der Waals surface area contributed by atoms with Crippen molar-refractivity contribution < 1.29 is 9.18 Å². The zero-order valence-corrected chi connectivity index (χ0v) is 12.1. The highest BCUT2D eigenvalue weighted by molar-refractivity contribution is 5.98. The molecule has 0 fully saturated rings. The van der Waals surface area contributed by atoms with Crippen molar-refractivity contribution in [1.82, 2.24) is 5.32 Å². The number of carbonyl (C=O) groups excluding carboxylic acids is 1. The highest BCUT2D eigenvalue weighted by atomic mass is 19.1. The van der Waals surface area contributed by atoms with Crippen LogP contribution in [0.15, 0.2) is 66.7 Å². The predicted molar refractivity (Wildman–Crippen MR) is 86.4 cm³/mol. The molecule has 1 N–H and O–H groups in total. The Kier molecular flexibility index (Phi) is 4.15. The molecule has 0 saturated heterocycles. The Bertz CT molecular complexity index is 813. The molecule has 3 aromatic rings. The first-order valence-electron chi connectivity index (χ1n) is 7.24. The van der Waals surface area contributed by atoms with E-state index in [-0.39, 0.29) is 11.7 Å². The van der Waals surface area contributed by atoms with Gasteiger partial charge in [0.2, 0.25) is 0 Å². The van der Waals surface area contributed by atoms with Gasteiger partial charge in [-0.25, -0.2) is 4.39 Å². The average molecular weight is 293 g/mol. The molecule has 0 aliphatic heterocycles. The Morgan fingerprint density at radius 1 is 0.909 bits per heavy atom. The predicted octanol–water partition coefficient (Wildman–Crippen LogP) is 3.95. The van der Waals surface area contributed by atoms with Gasteiger partial charge in [-0.15, -0.1) is 0 Å². The van der Waals surface area contributed by atoms with Gasteiger partial charge in [0.15, 0.2) is 0 Å². The lowest BCUT2D eigenvalue weighted by Crippen LogP contribution is -2.25. The third-order valence-electron chi connectivity index (χ3n) is 3.60. The van der Waals surface area contributed by atoms with E-state index >= 15 is 0 Å². The zero-order valence-electron chi connectivity index (χ0n) is 12.1. The molecule has 110 valence electrons. The van der Waals surface area contributed by atoms with E-state index in [9.17, 15) is 9.18 Å². The van der Waals surface area contributed by atoms with Crippen molar-refractivity contribution in [3.05, 3.63) is 83.7 Å². The van der Waals surface area contributed by atoms with E-state index in [4.69, 9.17) is 0 Å². The van der Waals surface area contributed by atoms with Crippen LogP contribution < -0.4 is 5.32 Å². The maximum atomic E-state index is 13.1. The third kappa shape index (κ3) is 3.31. The normalized spacial score (nSPS) is 10.6. The van der Waals surface area contributed by atoms with Gasteiger partial charge in [-0.05, 0) is 47.0 Å². The summed E-state index contributed by atoms with van der Waals surface area (Å²) < 4.78 is 13.1. The van der Waals surface area contributed by atoms with E-state index in [0.29, 0.717) is 18.5 Å². The molecule has 3 rings (SSSR count). The van der Waals surface area contributed by atoms with Gasteiger partial charge < -0.3 is 5.32 Å². The number of carbonyl (C=O) groups is 1. The Labute approximate surface area is 128 Å². The van der Waals surface area contributed by atoms with Gasteiger partial charge in [0.25, 0.3) is 5.91 Å². The van der Waals surface area contributed by atoms with Crippen LogP contribution in [-0.4, -0.2) is 12.5 Å². The zero-order chi connectivity index (χ0) is 15.4. The monoisotopic (exact) mass is 293 g/mol. The number of rotatable bonds is 4. The Morgan fingerprint density at radius 3 is 2.55 bits per heavy atom. The number of nitrogens with one attached hydrogen (secondary N) is 1. The minimum atomic E-state index is -0.252. The van der Waals surface area contributed by atoms with Crippen LogP contribution in [-0.2, 0) is 6.42 Å². The maximum Gasteiger partial charge on any atom is 0.251 e. The molecule has 0 spiro atoms. The fourth-order valence-electron chi connectivity index (χ4n) is 2.45. The van der Waals surface area contributed by atoms with Gasteiger partial charge in [0, 0.05) is 12.1 Å². The van der Waals surface area contributed by atoms with E-state index in [0.717, 1.165) is 16.3 Å². The van der Waals surface area contributed by atoms with Crippen LogP contribution in [0.4, 0.5) is 4.39 Å². The molecule has 22 heavy (non-hydrogen) atoms. The number of fused-ring (bicyclic) bond motifs is 1. The molecule has 3 aromatic carbocycles. The number of amides is 1. The molecule has 3 heteroatoms. The van der Waals surface area contributed by atoms with Crippen LogP contribution in [0.3, 0.4) is 0 Å². The van der Waals surface area contributed by atoms with E-state index < -0.39 is 0 Å². The lowest BCUT2D eigenvalue weighted by atomic mass is 10.1. The molecule has 0 aromatic heterocycles. The van der Waals surface area contributed by atoms with Crippen LogP contribution in [0.2, 0.25) is 0 Å². The first-order chi connectivity index (χ1) is 10.7. The highest BCUT2D eigenvalue weighted by Crippen LogP contribution is 2.15. The number of halogens is 1. The Morgan fingerprint density at radius 2 is 1.73 bits per heavy atom. The molecule has 1 amide bonds. The summed E-state index contributed by atoms with van der Waals surface area (Å²) >= 11 is 0. The molecule has 2 nitrogen and oxygen atoms in total. The second-order valence-corrected chi connectivity index (χ2v) is 5.20. The smallest absolute Gasteiger partial charge is 0.251 e. The topological polar surface area (TPSA) is 29.1 Å². The summed E-state index contributed by atoms with van der Waals surface area (Å²) in [7, 11) is 0. The van der Waals surface area contributed by atoms with Crippen molar-refractivity contribution in [2.45, 2.75) is 6.42 Å². The first-order valence-corrected chi connectivity index (χ1v) is 7.24. The van der Waals surface area contributed by atoms with Crippen molar-refractivity contribution in [3.63, 3.8) is 0 Å². The molecule has 0 aliphatic rings. The van der Waals surface area contributed by atoms with Crippen LogP contribution in [0.1, 0.15) is 15.9 Å². The Balaban J connectivity index is 1.63. The van der Waals surface area contributed by atoms with Gasteiger partial charge in [-0.1, -0.05) is 42.5 Å². The van der Waals surface area contributed by atoms with E-state index in [1.807, 2.05) is 48.5 Å². The molecular formula is C19H16FNO. The summed E-state index contributed by atoms with van der Waals surface area (Å²) in [5.41, 5.74) is 1.51. The summed E-state index contributed by atoms with van der Waals surface area (Å²) in [5, 5.41) is 5.02. The van der Waals surface area contributed by atoms with Crippen molar-refractivity contribution in [2.24, 2.45) is 0 Å². The largest absolute Gasteiger partial charge is 0.352 e. The summed E-state index contributed by atoms with van der Waals surface area (Å²) in [6, 6.07) is 20.0.